The third-order valence-corrected chi connectivity index (χ3v) is 1.13. The summed E-state index contributed by atoms with van der Waals surface area (Å²) in [5.74, 6) is -2.91. The predicted molar refractivity (Wildman–Crippen MR) is 32.7 cm³/mol. The molecular formula is C7H3F2NO. The monoisotopic (exact) mass is 155 g/mol. The van der Waals surface area contributed by atoms with E-state index in [-0.39, 0.29) is 0 Å². The first-order valence-electron chi connectivity index (χ1n) is 2.73. The Kier molecular flexibility index (Phi) is 1.73. The number of rotatable bonds is 0. The van der Waals surface area contributed by atoms with E-state index in [0.717, 1.165) is 6.07 Å². The van der Waals surface area contributed by atoms with Crippen molar-refractivity contribution >= 4 is 0 Å². The number of hydrogen-bond donors (Lipinski definition) is 1. The normalized spacial score (nSPS) is 9.18. The molecule has 0 aliphatic rings. The molecule has 0 radical (unpaired) electrons. The molecule has 0 saturated carbocycles. The Hall–Kier alpha value is -1.63. The number of halogens is 2. The highest BCUT2D eigenvalue weighted by atomic mass is 19.2. The number of nitriles is 1. The van der Waals surface area contributed by atoms with Crippen LogP contribution in [0.3, 0.4) is 0 Å². The van der Waals surface area contributed by atoms with Crippen molar-refractivity contribution in [3.63, 3.8) is 0 Å². The molecule has 1 aromatic carbocycles. The van der Waals surface area contributed by atoms with Gasteiger partial charge in [-0.05, 0) is 0 Å². The molecular weight excluding hydrogens is 152 g/mol. The molecule has 0 heterocycles. The maximum absolute atomic E-state index is 12.5. The highest BCUT2D eigenvalue weighted by Crippen LogP contribution is 2.17. The van der Waals surface area contributed by atoms with Crippen molar-refractivity contribution < 1.29 is 13.9 Å². The molecule has 0 fully saturated rings. The zero-order valence-corrected chi connectivity index (χ0v) is 5.31. The Balaban J connectivity index is 3.39. The molecule has 56 valence electrons. The Bertz CT molecular complexity index is 330. The van der Waals surface area contributed by atoms with Crippen molar-refractivity contribution in [2.24, 2.45) is 0 Å². The van der Waals surface area contributed by atoms with Crippen molar-refractivity contribution in [2.75, 3.05) is 0 Å². The summed E-state index contributed by atoms with van der Waals surface area (Å²) in [6, 6.07) is 2.87. The number of benzene rings is 1. The lowest BCUT2D eigenvalue weighted by Gasteiger charge is -1.95. The zero-order chi connectivity index (χ0) is 8.43. The molecule has 0 atom stereocenters. The molecule has 0 aromatic heterocycles. The first-order valence-corrected chi connectivity index (χ1v) is 2.73. The summed E-state index contributed by atoms with van der Waals surface area (Å²) in [4.78, 5) is 0. The topological polar surface area (TPSA) is 44.0 Å². The number of nitrogens with zero attached hydrogens (tertiary/aromatic N) is 1. The molecule has 1 aromatic rings. The van der Waals surface area contributed by atoms with Crippen LogP contribution in [-0.4, -0.2) is 5.11 Å². The molecule has 0 aliphatic carbocycles. The Morgan fingerprint density at radius 1 is 1.36 bits per heavy atom. The van der Waals surface area contributed by atoms with Crippen LogP contribution >= 0.6 is 0 Å². The van der Waals surface area contributed by atoms with Crippen molar-refractivity contribution in [3.05, 3.63) is 29.3 Å². The van der Waals surface area contributed by atoms with E-state index in [2.05, 4.69) is 0 Å². The summed E-state index contributed by atoms with van der Waals surface area (Å²) in [6.07, 6.45) is 0. The second-order valence-corrected chi connectivity index (χ2v) is 1.90. The lowest BCUT2D eigenvalue weighted by Crippen LogP contribution is -1.88. The fraction of sp³-hybridized carbons (Fsp3) is 0. The van der Waals surface area contributed by atoms with Gasteiger partial charge in [0.25, 0.3) is 0 Å². The summed E-state index contributed by atoms with van der Waals surface area (Å²) in [5.41, 5.74) is -0.498. The number of aromatic hydroxyl groups is 1. The summed E-state index contributed by atoms with van der Waals surface area (Å²) >= 11 is 0. The lowest BCUT2D eigenvalue weighted by atomic mass is 10.2. The summed E-state index contributed by atoms with van der Waals surface area (Å²) in [6.45, 7) is 0. The van der Waals surface area contributed by atoms with E-state index in [0.29, 0.717) is 6.07 Å². The number of phenols is 1. The number of hydrogen-bond acceptors (Lipinski definition) is 2. The van der Waals surface area contributed by atoms with Gasteiger partial charge in [-0.25, -0.2) is 8.78 Å². The summed E-state index contributed by atoms with van der Waals surface area (Å²) in [5, 5.41) is 16.9. The largest absolute Gasteiger partial charge is 0.508 e. The fourth-order valence-corrected chi connectivity index (χ4v) is 0.656. The molecule has 4 heteroatoms. The Morgan fingerprint density at radius 2 is 2.00 bits per heavy atom. The van der Waals surface area contributed by atoms with E-state index in [4.69, 9.17) is 10.4 Å². The minimum atomic E-state index is -1.23. The summed E-state index contributed by atoms with van der Waals surface area (Å²) < 4.78 is 24.8. The van der Waals surface area contributed by atoms with Gasteiger partial charge in [0.2, 0.25) is 0 Å². The highest BCUT2D eigenvalue weighted by molar-refractivity contribution is 5.37. The average molecular weight is 155 g/mol. The molecule has 11 heavy (non-hydrogen) atoms. The molecule has 0 unspecified atom stereocenters. The average Bonchev–Trinajstić information content (AvgIpc) is 1.96. The van der Waals surface area contributed by atoms with Crippen LogP contribution in [0.1, 0.15) is 5.56 Å². The minimum absolute atomic E-state index is 0.458. The molecule has 0 spiro atoms. The van der Waals surface area contributed by atoms with Crippen LogP contribution in [0.15, 0.2) is 12.1 Å². The maximum atomic E-state index is 12.5. The third-order valence-electron chi connectivity index (χ3n) is 1.13. The molecule has 1 rings (SSSR count). The predicted octanol–water partition coefficient (Wildman–Crippen LogP) is 1.54. The smallest absolute Gasteiger partial charge is 0.176 e. The van der Waals surface area contributed by atoms with Gasteiger partial charge in [0.15, 0.2) is 11.6 Å². The van der Waals surface area contributed by atoms with E-state index >= 15 is 0 Å². The Morgan fingerprint density at radius 3 is 2.55 bits per heavy atom. The van der Waals surface area contributed by atoms with Crippen LogP contribution in [0.5, 0.6) is 5.75 Å². The lowest BCUT2D eigenvalue weighted by molar-refractivity contribution is 0.453. The van der Waals surface area contributed by atoms with Gasteiger partial charge in [-0.15, -0.1) is 0 Å². The standard InChI is InChI=1S/C7H3F2NO/c8-6-2-5(11)1-4(3-10)7(6)9/h1-2,11H. The van der Waals surface area contributed by atoms with Gasteiger partial charge in [0.05, 0.1) is 5.56 Å². The van der Waals surface area contributed by atoms with E-state index < -0.39 is 22.9 Å². The first-order chi connectivity index (χ1) is 5.15. The third kappa shape index (κ3) is 1.27. The van der Waals surface area contributed by atoms with Gasteiger partial charge in [-0.3, -0.25) is 0 Å². The van der Waals surface area contributed by atoms with Crippen molar-refractivity contribution in [2.45, 2.75) is 0 Å². The van der Waals surface area contributed by atoms with E-state index in [1.54, 1.807) is 0 Å². The molecule has 0 bridgehead atoms. The van der Waals surface area contributed by atoms with Crippen molar-refractivity contribution in [3.8, 4) is 11.8 Å². The van der Waals surface area contributed by atoms with Gasteiger partial charge in [0.1, 0.15) is 11.8 Å². The second kappa shape index (κ2) is 2.54. The molecule has 0 aliphatic heterocycles. The van der Waals surface area contributed by atoms with Gasteiger partial charge >= 0.3 is 0 Å². The highest BCUT2D eigenvalue weighted by Gasteiger charge is 2.08. The first kappa shape index (κ1) is 7.48. The molecule has 2 nitrogen and oxygen atoms in total. The van der Waals surface area contributed by atoms with Crippen LogP contribution < -0.4 is 0 Å². The molecule has 1 N–H and O–H groups in total. The SMILES string of the molecule is N#Cc1cc(O)cc(F)c1F. The van der Waals surface area contributed by atoms with Gasteiger partial charge in [-0.1, -0.05) is 0 Å². The second-order valence-electron chi connectivity index (χ2n) is 1.90. The minimum Gasteiger partial charge on any atom is -0.508 e. The van der Waals surface area contributed by atoms with Crippen LogP contribution in [0, 0.1) is 23.0 Å². The van der Waals surface area contributed by atoms with Gasteiger partial charge in [0, 0.05) is 12.1 Å². The quantitative estimate of drug-likeness (QED) is 0.617. The van der Waals surface area contributed by atoms with Gasteiger partial charge in [-0.2, -0.15) is 5.26 Å². The molecule has 0 amide bonds. The Labute approximate surface area is 61.3 Å². The van der Waals surface area contributed by atoms with E-state index in [1.165, 1.54) is 6.07 Å². The van der Waals surface area contributed by atoms with Crippen LogP contribution in [-0.2, 0) is 0 Å². The van der Waals surface area contributed by atoms with Crippen LogP contribution in [0.2, 0.25) is 0 Å². The van der Waals surface area contributed by atoms with E-state index in [9.17, 15) is 8.78 Å². The van der Waals surface area contributed by atoms with E-state index in [1.807, 2.05) is 0 Å². The molecule has 0 saturated heterocycles. The zero-order valence-electron chi connectivity index (χ0n) is 5.31. The van der Waals surface area contributed by atoms with Crippen molar-refractivity contribution in [1.82, 2.24) is 0 Å². The van der Waals surface area contributed by atoms with Gasteiger partial charge < -0.3 is 5.11 Å². The van der Waals surface area contributed by atoms with Crippen molar-refractivity contribution in [1.29, 1.82) is 5.26 Å². The maximum Gasteiger partial charge on any atom is 0.176 e. The summed E-state index contributed by atoms with van der Waals surface area (Å²) in [7, 11) is 0. The number of phenolic OH excluding ortho intramolecular Hbond substituents is 1. The fourth-order valence-electron chi connectivity index (χ4n) is 0.656. The van der Waals surface area contributed by atoms with Crippen LogP contribution in [0.4, 0.5) is 8.78 Å². The van der Waals surface area contributed by atoms with Crippen LogP contribution in [0.25, 0.3) is 0 Å².